The van der Waals surface area contributed by atoms with Gasteiger partial charge in [0.05, 0.1) is 17.1 Å². The second-order valence-corrected chi connectivity index (χ2v) is 9.58. The predicted molar refractivity (Wildman–Crippen MR) is 123 cm³/mol. The molecule has 0 unspecified atom stereocenters. The van der Waals surface area contributed by atoms with Gasteiger partial charge in [-0.2, -0.15) is 5.10 Å². The molecule has 0 saturated heterocycles. The van der Waals surface area contributed by atoms with Gasteiger partial charge < -0.3 is 9.05 Å². The van der Waals surface area contributed by atoms with Crippen molar-refractivity contribution < 1.29 is 9.05 Å². The Kier molecular flexibility index (Phi) is 7.39. The lowest BCUT2D eigenvalue weighted by atomic mass is 9.93. The Morgan fingerprint density at radius 1 is 0.710 bits per heavy atom. The molecule has 3 aromatic rings. The number of hydrogen-bond acceptors (Lipinski definition) is 5. The summed E-state index contributed by atoms with van der Waals surface area (Å²) in [6.45, 7) is 17.3. The van der Waals surface area contributed by atoms with Crippen LogP contribution in [0.25, 0.3) is 0 Å². The first kappa shape index (κ1) is 23.3. The number of H-pyrrole nitrogens is 1. The maximum absolute atomic E-state index is 5.63. The van der Waals surface area contributed by atoms with Crippen LogP contribution in [0.4, 0.5) is 0 Å². The number of hydrogen-bond donors (Lipinski definition) is 1. The second-order valence-electron chi connectivity index (χ2n) is 9.58. The Morgan fingerprint density at radius 2 is 1.39 bits per heavy atom. The molecule has 0 aromatic carbocycles. The van der Waals surface area contributed by atoms with Crippen LogP contribution in [0.3, 0.4) is 0 Å². The minimum Gasteiger partial charge on any atom is -0.361 e. The first-order valence-corrected chi connectivity index (χ1v) is 11.7. The van der Waals surface area contributed by atoms with Gasteiger partial charge in [-0.1, -0.05) is 51.9 Å². The van der Waals surface area contributed by atoms with E-state index in [2.05, 4.69) is 62.1 Å². The summed E-state index contributed by atoms with van der Waals surface area (Å²) >= 11 is 0. The maximum Gasteiger partial charge on any atom is 0.140 e. The van der Waals surface area contributed by atoms with E-state index in [1.165, 1.54) is 22.4 Å². The van der Waals surface area contributed by atoms with E-state index in [0.717, 1.165) is 60.7 Å². The molecule has 0 saturated carbocycles. The monoisotopic (exact) mass is 426 g/mol. The number of aryl methyl sites for hydroxylation is 6. The average molecular weight is 427 g/mol. The number of rotatable bonds is 10. The van der Waals surface area contributed by atoms with Gasteiger partial charge in [0.1, 0.15) is 11.5 Å². The summed E-state index contributed by atoms with van der Waals surface area (Å²) in [6.07, 6.45) is 4.59. The lowest BCUT2D eigenvalue weighted by Gasteiger charge is -2.10. The van der Waals surface area contributed by atoms with E-state index in [1.54, 1.807) is 0 Å². The van der Waals surface area contributed by atoms with E-state index >= 15 is 0 Å². The summed E-state index contributed by atoms with van der Waals surface area (Å²) in [4.78, 5) is 0. The number of aromatic amines is 1. The molecule has 0 bridgehead atoms. The average Bonchev–Trinajstić information content (AvgIpc) is 3.36. The van der Waals surface area contributed by atoms with Crippen molar-refractivity contribution in [2.24, 2.45) is 0 Å². The quantitative estimate of drug-likeness (QED) is 0.409. The smallest absolute Gasteiger partial charge is 0.140 e. The zero-order chi connectivity index (χ0) is 22.7. The largest absolute Gasteiger partial charge is 0.361 e. The maximum atomic E-state index is 5.63. The molecule has 0 spiro atoms. The van der Waals surface area contributed by atoms with E-state index in [1.807, 2.05) is 13.8 Å². The van der Waals surface area contributed by atoms with Gasteiger partial charge in [0.2, 0.25) is 0 Å². The molecule has 6 nitrogen and oxygen atoms in total. The second kappa shape index (κ2) is 9.84. The van der Waals surface area contributed by atoms with Crippen molar-refractivity contribution in [3.8, 4) is 0 Å². The number of nitrogens with one attached hydrogen (secondary N) is 1. The van der Waals surface area contributed by atoms with Crippen molar-refractivity contribution in [3.05, 3.63) is 51.0 Å². The molecule has 170 valence electrons. The third-order valence-electron chi connectivity index (χ3n) is 6.09. The third-order valence-corrected chi connectivity index (χ3v) is 6.09. The Morgan fingerprint density at radius 3 is 2.03 bits per heavy atom. The topological polar surface area (TPSA) is 80.7 Å². The predicted octanol–water partition coefficient (Wildman–Crippen LogP) is 6.33. The van der Waals surface area contributed by atoms with Crippen LogP contribution in [0.1, 0.15) is 117 Å². The van der Waals surface area contributed by atoms with Gasteiger partial charge in [0.15, 0.2) is 0 Å². The molecule has 0 aliphatic rings. The van der Waals surface area contributed by atoms with Crippen LogP contribution >= 0.6 is 0 Å². The number of aromatic nitrogens is 4. The number of nitrogens with zero attached hydrogens (tertiary/aromatic N) is 3. The molecule has 3 heterocycles. The highest BCUT2D eigenvalue weighted by atomic mass is 16.5. The summed E-state index contributed by atoms with van der Waals surface area (Å²) in [6, 6.07) is 0. The fraction of sp³-hybridized carbons (Fsp3) is 0.640. The van der Waals surface area contributed by atoms with E-state index < -0.39 is 0 Å². The first-order valence-electron chi connectivity index (χ1n) is 11.7. The summed E-state index contributed by atoms with van der Waals surface area (Å²) in [7, 11) is 0. The molecular formula is C25H38N4O2. The van der Waals surface area contributed by atoms with Crippen molar-refractivity contribution in [1.82, 2.24) is 20.5 Å². The molecule has 0 aliphatic carbocycles. The fourth-order valence-electron chi connectivity index (χ4n) is 4.85. The van der Waals surface area contributed by atoms with Crippen molar-refractivity contribution in [2.45, 2.75) is 105 Å². The van der Waals surface area contributed by atoms with E-state index in [9.17, 15) is 0 Å². The van der Waals surface area contributed by atoms with Gasteiger partial charge in [0, 0.05) is 23.2 Å². The first-order chi connectivity index (χ1) is 14.7. The zero-order valence-corrected chi connectivity index (χ0v) is 20.4. The lowest BCUT2D eigenvalue weighted by molar-refractivity contribution is 0.377. The molecule has 1 N–H and O–H groups in total. The molecule has 0 fully saturated rings. The highest BCUT2D eigenvalue weighted by Gasteiger charge is 2.21. The lowest BCUT2D eigenvalue weighted by Crippen LogP contribution is -2.02. The van der Waals surface area contributed by atoms with Crippen LogP contribution in [0.2, 0.25) is 0 Å². The van der Waals surface area contributed by atoms with E-state index in [4.69, 9.17) is 9.05 Å². The van der Waals surface area contributed by atoms with Crippen LogP contribution in [0.5, 0.6) is 0 Å². The van der Waals surface area contributed by atoms with Crippen LogP contribution < -0.4 is 0 Å². The van der Waals surface area contributed by atoms with Gasteiger partial charge in [-0.15, -0.1) is 0 Å². The van der Waals surface area contributed by atoms with Crippen molar-refractivity contribution in [2.75, 3.05) is 0 Å². The van der Waals surface area contributed by atoms with Crippen molar-refractivity contribution in [1.29, 1.82) is 0 Å². The molecule has 31 heavy (non-hydrogen) atoms. The van der Waals surface area contributed by atoms with Crippen molar-refractivity contribution in [3.63, 3.8) is 0 Å². The Labute approximate surface area is 186 Å². The molecule has 3 aromatic heterocycles. The van der Waals surface area contributed by atoms with Gasteiger partial charge in [-0.25, -0.2) is 0 Å². The highest BCUT2D eigenvalue weighted by Crippen LogP contribution is 2.28. The SMILES string of the molecule is Cc1noc(CCc2n[nH]c(CCCc3noc(C)c3C(C)C)c2C(C)C)c1C(C)C. The zero-order valence-electron chi connectivity index (χ0n) is 20.4. The Hall–Kier alpha value is -2.37. The third kappa shape index (κ3) is 5.10. The van der Waals surface area contributed by atoms with E-state index in [-0.39, 0.29) is 0 Å². The molecule has 0 atom stereocenters. The minimum absolute atomic E-state index is 0.413. The van der Waals surface area contributed by atoms with Crippen LogP contribution in [-0.4, -0.2) is 20.5 Å². The van der Waals surface area contributed by atoms with Crippen molar-refractivity contribution >= 4 is 0 Å². The standard InChI is InChI=1S/C25H38N4O2/c1-14(2)23-17(7)28-31-22(23)13-12-20-25(16(5)6)19(26-27-20)10-9-11-21-24(15(3)4)18(8)30-29-21/h14-16H,9-13H2,1-8H3,(H,26,27). The molecule has 0 radical (unpaired) electrons. The normalized spacial score (nSPS) is 12.1. The van der Waals surface area contributed by atoms with Gasteiger partial charge in [0.25, 0.3) is 0 Å². The Bertz CT molecular complexity index is 991. The molecule has 0 amide bonds. The highest BCUT2D eigenvalue weighted by molar-refractivity contribution is 5.31. The van der Waals surface area contributed by atoms with E-state index in [0.29, 0.717) is 17.8 Å². The summed E-state index contributed by atoms with van der Waals surface area (Å²) in [5, 5.41) is 16.5. The minimum atomic E-state index is 0.413. The summed E-state index contributed by atoms with van der Waals surface area (Å²) in [5.74, 6) is 3.21. The molecule has 3 rings (SSSR count). The Balaban J connectivity index is 1.68. The summed E-state index contributed by atoms with van der Waals surface area (Å²) < 4.78 is 11.1. The fourth-order valence-corrected chi connectivity index (χ4v) is 4.85. The molecule has 0 aliphatic heterocycles. The van der Waals surface area contributed by atoms with Crippen LogP contribution in [-0.2, 0) is 25.7 Å². The van der Waals surface area contributed by atoms with Gasteiger partial charge in [-0.05, 0) is 62.8 Å². The molecule has 6 heteroatoms. The summed E-state index contributed by atoms with van der Waals surface area (Å²) in [5.41, 5.74) is 8.34. The van der Waals surface area contributed by atoms with Crippen LogP contribution in [0, 0.1) is 13.8 Å². The van der Waals surface area contributed by atoms with Gasteiger partial charge >= 0.3 is 0 Å². The van der Waals surface area contributed by atoms with Gasteiger partial charge in [-0.3, -0.25) is 5.10 Å². The molecular weight excluding hydrogens is 388 g/mol. The van der Waals surface area contributed by atoms with Crippen LogP contribution in [0.15, 0.2) is 9.05 Å².